The maximum absolute atomic E-state index is 13.8. The van der Waals surface area contributed by atoms with E-state index in [1.165, 1.54) is 0 Å². The largest absolute Gasteiger partial charge is 0.329 e. The third-order valence-electron chi connectivity index (χ3n) is 6.83. The number of benzene rings is 2. The van der Waals surface area contributed by atoms with Crippen molar-refractivity contribution in [1.82, 2.24) is 34.4 Å². The van der Waals surface area contributed by atoms with Crippen molar-refractivity contribution in [3.63, 3.8) is 0 Å². The molecule has 8 heteroatoms. The molecular weight excluding hydrogens is 426 g/mol. The van der Waals surface area contributed by atoms with Crippen molar-refractivity contribution in [2.24, 2.45) is 7.05 Å². The zero-order valence-corrected chi connectivity index (χ0v) is 19.2. The first-order valence-corrected chi connectivity index (χ1v) is 11.6. The lowest BCUT2D eigenvalue weighted by Gasteiger charge is -2.34. The molecule has 170 valence electrons. The number of nitrogens with zero attached hydrogens (tertiary/aromatic N) is 7. The van der Waals surface area contributed by atoms with Gasteiger partial charge in [0.25, 0.3) is 5.91 Å². The Morgan fingerprint density at radius 2 is 1.85 bits per heavy atom. The van der Waals surface area contributed by atoms with Gasteiger partial charge in [-0.25, -0.2) is 9.67 Å². The number of hydrogen-bond donors (Lipinski definition) is 0. The quantitative estimate of drug-likeness (QED) is 0.407. The Hall–Kier alpha value is -4.07. The minimum Gasteiger partial charge on any atom is -0.329 e. The average molecular weight is 452 g/mol. The summed E-state index contributed by atoms with van der Waals surface area (Å²) in [5.41, 5.74) is 4.86. The van der Waals surface area contributed by atoms with Crippen molar-refractivity contribution >= 4 is 27.8 Å². The Bertz CT molecular complexity index is 1530. The zero-order chi connectivity index (χ0) is 23.2. The van der Waals surface area contributed by atoms with Gasteiger partial charge in [0.05, 0.1) is 34.0 Å². The number of fused-ring (bicyclic) bond motifs is 2. The molecule has 0 spiro atoms. The molecule has 1 saturated heterocycles. The second-order valence-corrected chi connectivity index (χ2v) is 8.81. The Kier molecular flexibility index (Phi) is 4.86. The van der Waals surface area contributed by atoms with Gasteiger partial charge in [0.15, 0.2) is 5.69 Å². The molecule has 1 aliphatic heterocycles. The van der Waals surface area contributed by atoms with E-state index in [4.69, 9.17) is 4.98 Å². The molecule has 1 unspecified atom stereocenters. The summed E-state index contributed by atoms with van der Waals surface area (Å²) in [6.45, 7) is 2.58. The Labute approximate surface area is 196 Å². The van der Waals surface area contributed by atoms with Crippen LogP contribution in [0.4, 0.5) is 0 Å². The maximum Gasteiger partial charge on any atom is 0.276 e. The molecular formula is C26H25N7O. The predicted molar refractivity (Wildman–Crippen MR) is 130 cm³/mol. The highest BCUT2D eigenvalue weighted by Gasteiger charge is 2.34. The Morgan fingerprint density at radius 3 is 2.74 bits per heavy atom. The molecule has 0 bridgehead atoms. The number of rotatable bonds is 3. The van der Waals surface area contributed by atoms with E-state index in [0.29, 0.717) is 12.2 Å². The molecule has 0 saturated carbocycles. The molecule has 6 rings (SSSR count). The number of para-hydroxylation sites is 2. The summed E-state index contributed by atoms with van der Waals surface area (Å²) in [6, 6.07) is 17.8. The van der Waals surface area contributed by atoms with Gasteiger partial charge in [0, 0.05) is 25.2 Å². The maximum atomic E-state index is 13.8. The summed E-state index contributed by atoms with van der Waals surface area (Å²) >= 11 is 0. The number of likely N-dealkylation sites (tertiary alicyclic amines) is 1. The van der Waals surface area contributed by atoms with Crippen molar-refractivity contribution in [3.05, 3.63) is 78.0 Å². The SMILES string of the molecule is Cc1c(C(=O)N2CCCCC2c2nc3ccccc3n2C)nnn1-c1cccc2ncccc12. The normalized spacial score (nSPS) is 16.4. The van der Waals surface area contributed by atoms with Crippen molar-refractivity contribution in [3.8, 4) is 5.69 Å². The number of carbonyl (C=O) groups excluding carboxylic acids is 1. The van der Waals surface area contributed by atoms with Crippen LogP contribution in [-0.2, 0) is 7.05 Å². The van der Waals surface area contributed by atoms with Gasteiger partial charge in [-0.2, -0.15) is 0 Å². The highest BCUT2D eigenvalue weighted by atomic mass is 16.2. The molecule has 8 nitrogen and oxygen atoms in total. The van der Waals surface area contributed by atoms with Crippen LogP contribution in [0.1, 0.15) is 47.3 Å². The van der Waals surface area contributed by atoms with E-state index in [0.717, 1.165) is 58.4 Å². The van der Waals surface area contributed by atoms with Gasteiger partial charge in [-0.05, 0) is 62.6 Å². The van der Waals surface area contributed by atoms with E-state index in [9.17, 15) is 4.79 Å². The summed E-state index contributed by atoms with van der Waals surface area (Å²) in [7, 11) is 2.03. The third-order valence-corrected chi connectivity index (χ3v) is 6.83. The van der Waals surface area contributed by atoms with Crippen LogP contribution in [0.3, 0.4) is 0 Å². The van der Waals surface area contributed by atoms with E-state index in [1.807, 2.05) is 67.4 Å². The molecule has 2 aromatic carbocycles. The molecule has 0 N–H and O–H groups in total. The van der Waals surface area contributed by atoms with Gasteiger partial charge in [-0.15, -0.1) is 5.10 Å². The van der Waals surface area contributed by atoms with Gasteiger partial charge >= 0.3 is 0 Å². The smallest absolute Gasteiger partial charge is 0.276 e. The predicted octanol–water partition coefficient (Wildman–Crippen LogP) is 4.38. The molecule has 1 fully saturated rings. The van der Waals surface area contributed by atoms with Crippen LogP contribution in [0.2, 0.25) is 0 Å². The van der Waals surface area contributed by atoms with Crippen LogP contribution in [0.15, 0.2) is 60.8 Å². The van der Waals surface area contributed by atoms with E-state index < -0.39 is 0 Å². The fourth-order valence-corrected chi connectivity index (χ4v) is 5.07. The lowest BCUT2D eigenvalue weighted by Crippen LogP contribution is -2.40. The van der Waals surface area contributed by atoms with Crippen molar-refractivity contribution in [2.75, 3.05) is 6.54 Å². The fraction of sp³-hybridized carbons (Fsp3) is 0.269. The third kappa shape index (κ3) is 3.17. The highest BCUT2D eigenvalue weighted by molar-refractivity contribution is 5.94. The molecule has 3 aromatic heterocycles. The first-order chi connectivity index (χ1) is 16.6. The van der Waals surface area contributed by atoms with Crippen LogP contribution < -0.4 is 0 Å². The van der Waals surface area contributed by atoms with E-state index in [1.54, 1.807) is 10.9 Å². The minimum atomic E-state index is -0.0983. The van der Waals surface area contributed by atoms with E-state index >= 15 is 0 Å². The lowest BCUT2D eigenvalue weighted by molar-refractivity contribution is 0.0590. The number of pyridine rings is 1. The summed E-state index contributed by atoms with van der Waals surface area (Å²) in [6.07, 6.45) is 4.68. The van der Waals surface area contributed by atoms with Gasteiger partial charge in [-0.3, -0.25) is 9.78 Å². The van der Waals surface area contributed by atoms with Crippen molar-refractivity contribution < 1.29 is 4.79 Å². The summed E-state index contributed by atoms with van der Waals surface area (Å²) in [4.78, 5) is 25.1. The fourth-order valence-electron chi connectivity index (χ4n) is 5.07. The zero-order valence-electron chi connectivity index (χ0n) is 19.2. The molecule has 1 atom stereocenters. The number of piperidine rings is 1. The van der Waals surface area contributed by atoms with Crippen LogP contribution >= 0.6 is 0 Å². The number of carbonyl (C=O) groups is 1. The minimum absolute atomic E-state index is 0.0926. The Morgan fingerprint density at radius 1 is 1.00 bits per heavy atom. The molecule has 34 heavy (non-hydrogen) atoms. The number of aryl methyl sites for hydroxylation is 1. The van der Waals surface area contributed by atoms with Gasteiger partial charge in [0.2, 0.25) is 0 Å². The van der Waals surface area contributed by atoms with Gasteiger partial charge in [-0.1, -0.05) is 23.4 Å². The topological polar surface area (TPSA) is 81.7 Å². The number of hydrogen-bond acceptors (Lipinski definition) is 5. The molecule has 5 aromatic rings. The lowest BCUT2D eigenvalue weighted by atomic mass is 10.0. The second kappa shape index (κ2) is 8.06. The molecule has 4 heterocycles. The van der Waals surface area contributed by atoms with E-state index in [-0.39, 0.29) is 11.9 Å². The van der Waals surface area contributed by atoms with Gasteiger partial charge < -0.3 is 9.47 Å². The first kappa shape index (κ1) is 20.5. The number of amides is 1. The Balaban J connectivity index is 1.39. The number of aromatic nitrogens is 6. The average Bonchev–Trinajstić information content (AvgIpc) is 3.43. The molecule has 0 aliphatic carbocycles. The summed E-state index contributed by atoms with van der Waals surface area (Å²) in [5.74, 6) is 0.818. The highest BCUT2D eigenvalue weighted by Crippen LogP contribution is 2.33. The molecule has 0 radical (unpaired) electrons. The van der Waals surface area contributed by atoms with Crippen LogP contribution in [0.25, 0.3) is 27.6 Å². The van der Waals surface area contributed by atoms with Crippen LogP contribution in [-0.4, -0.2) is 46.9 Å². The standard InChI is InChI=1S/C26H25N7O/c1-17-24(29-30-33(17)21-14-7-11-19-18(21)9-8-15-27-19)26(34)32-16-6-5-13-23(32)25-28-20-10-3-4-12-22(20)31(25)2/h3-4,7-12,14-15,23H,5-6,13,16H2,1-2H3. The molecule has 1 amide bonds. The van der Waals surface area contributed by atoms with Crippen LogP contribution in [0, 0.1) is 6.92 Å². The first-order valence-electron chi connectivity index (χ1n) is 11.6. The summed E-state index contributed by atoms with van der Waals surface area (Å²) in [5, 5.41) is 9.68. The van der Waals surface area contributed by atoms with Gasteiger partial charge in [0.1, 0.15) is 5.82 Å². The molecule has 1 aliphatic rings. The van der Waals surface area contributed by atoms with Crippen molar-refractivity contribution in [1.29, 1.82) is 0 Å². The second-order valence-electron chi connectivity index (χ2n) is 8.81. The monoisotopic (exact) mass is 451 g/mol. The van der Waals surface area contributed by atoms with E-state index in [2.05, 4.69) is 25.9 Å². The summed E-state index contributed by atoms with van der Waals surface area (Å²) < 4.78 is 3.85. The van der Waals surface area contributed by atoms with Crippen molar-refractivity contribution in [2.45, 2.75) is 32.2 Å². The number of imidazole rings is 1. The van der Waals surface area contributed by atoms with Crippen LogP contribution in [0.5, 0.6) is 0 Å².